The lowest BCUT2D eigenvalue weighted by Gasteiger charge is -2.19. The molecule has 0 aliphatic heterocycles. The smallest absolute Gasteiger partial charge is 0.186 e. The van der Waals surface area contributed by atoms with Crippen LogP contribution in [-0.4, -0.2) is 28.4 Å². The molecular weight excluding hydrogens is 206 g/mol. The first-order valence-corrected chi connectivity index (χ1v) is 5.09. The molecule has 1 aromatic carbocycles. The molecule has 0 aliphatic rings. The van der Waals surface area contributed by atoms with Crippen LogP contribution < -0.4 is 4.74 Å². The van der Waals surface area contributed by atoms with Crippen molar-refractivity contribution in [2.24, 2.45) is 0 Å². The monoisotopic (exact) mass is 223 g/mol. The number of hydrogen-bond donors (Lipinski definition) is 1. The van der Waals surface area contributed by atoms with Gasteiger partial charge in [0.1, 0.15) is 5.75 Å². The molecule has 0 radical (unpaired) electrons. The van der Waals surface area contributed by atoms with E-state index in [2.05, 4.69) is 0 Å². The summed E-state index contributed by atoms with van der Waals surface area (Å²) in [6.45, 7) is 5.07. The molecule has 0 aromatic heterocycles. The van der Waals surface area contributed by atoms with Crippen LogP contribution in [-0.2, 0) is 0 Å². The summed E-state index contributed by atoms with van der Waals surface area (Å²) in [5.74, 6) is 0.495. The number of aliphatic hydroxyl groups is 1. The van der Waals surface area contributed by atoms with Gasteiger partial charge >= 0.3 is 0 Å². The zero-order valence-corrected chi connectivity index (χ0v) is 9.80. The third-order valence-corrected chi connectivity index (χ3v) is 2.06. The molecule has 4 heteroatoms. The van der Waals surface area contributed by atoms with Gasteiger partial charge in [-0.2, -0.15) is 0 Å². The Balaban J connectivity index is 3.05. The number of benzene rings is 1. The van der Waals surface area contributed by atoms with Crippen molar-refractivity contribution in [3.05, 3.63) is 35.0 Å². The number of ether oxygens (including phenoxy) is 1. The molecule has 0 saturated heterocycles. The van der Waals surface area contributed by atoms with Gasteiger partial charge in [-0.15, -0.1) is 0 Å². The largest absolute Gasteiger partial charge is 0.623 e. The highest BCUT2D eigenvalue weighted by molar-refractivity contribution is 5.80. The Morgan fingerprint density at radius 3 is 2.56 bits per heavy atom. The minimum Gasteiger partial charge on any atom is -0.623 e. The van der Waals surface area contributed by atoms with Crippen LogP contribution in [0, 0.1) is 5.21 Å². The van der Waals surface area contributed by atoms with E-state index in [4.69, 9.17) is 9.84 Å². The summed E-state index contributed by atoms with van der Waals surface area (Å²) in [5.41, 5.74) is 0.160. The van der Waals surface area contributed by atoms with Crippen LogP contribution in [0.3, 0.4) is 0 Å². The van der Waals surface area contributed by atoms with Crippen molar-refractivity contribution < 1.29 is 14.6 Å². The SMILES string of the molecule is CC(C)(C)[N+]([O-])=Cc1ccccc1OCO. The van der Waals surface area contributed by atoms with Crippen LogP contribution in [0.4, 0.5) is 0 Å². The van der Waals surface area contributed by atoms with Crippen molar-refractivity contribution in [2.45, 2.75) is 26.3 Å². The average molecular weight is 223 g/mol. The fourth-order valence-corrected chi connectivity index (χ4v) is 1.11. The second-order valence-corrected chi connectivity index (χ2v) is 4.44. The van der Waals surface area contributed by atoms with E-state index in [1.165, 1.54) is 6.21 Å². The van der Waals surface area contributed by atoms with Gasteiger partial charge in [0.05, 0.1) is 5.56 Å². The van der Waals surface area contributed by atoms with E-state index in [0.717, 1.165) is 4.74 Å². The highest BCUT2D eigenvalue weighted by Crippen LogP contribution is 2.16. The van der Waals surface area contributed by atoms with Crippen molar-refractivity contribution in [1.82, 2.24) is 0 Å². The first-order chi connectivity index (χ1) is 7.45. The molecule has 1 rings (SSSR count). The van der Waals surface area contributed by atoms with E-state index >= 15 is 0 Å². The molecule has 0 aliphatic carbocycles. The van der Waals surface area contributed by atoms with Crippen LogP contribution in [0.5, 0.6) is 5.75 Å². The Hall–Kier alpha value is -1.55. The zero-order chi connectivity index (χ0) is 12.2. The molecule has 16 heavy (non-hydrogen) atoms. The van der Waals surface area contributed by atoms with Gasteiger partial charge in [0, 0.05) is 20.8 Å². The molecular formula is C12H17NO3. The molecule has 0 atom stereocenters. The predicted molar refractivity (Wildman–Crippen MR) is 62.7 cm³/mol. The minimum absolute atomic E-state index is 0.404. The molecule has 0 fully saturated rings. The van der Waals surface area contributed by atoms with Gasteiger partial charge in [-0.25, -0.2) is 4.74 Å². The molecule has 88 valence electrons. The van der Waals surface area contributed by atoms with Gasteiger partial charge in [-0.05, 0) is 12.1 Å². The summed E-state index contributed by atoms with van der Waals surface area (Å²) < 4.78 is 5.88. The fraction of sp³-hybridized carbons (Fsp3) is 0.417. The number of aliphatic hydroxyl groups excluding tert-OH is 1. The second-order valence-electron chi connectivity index (χ2n) is 4.44. The third kappa shape index (κ3) is 3.24. The van der Waals surface area contributed by atoms with E-state index in [-0.39, 0.29) is 0 Å². The first kappa shape index (κ1) is 12.5. The van der Waals surface area contributed by atoms with Gasteiger partial charge in [0.15, 0.2) is 18.5 Å². The Morgan fingerprint density at radius 2 is 2.00 bits per heavy atom. The maximum Gasteiger partial charge on any atom is 0.186 e. The molecule has 0 amide bonds. The first-order valence-electron chi connectivity index (χ1n) is 5.09. The highest BCUT2D eigenvalue weighted by atomic mass is 16.6. The van der Waals surface area contributed by atoms with Gasteiger partial charge in [-0.1, -0.05) is 12.1 Å². The maximum atomic E-state index is 11.7. The van der Waals surface area contributed by atoms with Gasteiger partial charge in [0.2, 0.25) is 0 Å². The molecule has 0 heterocycles. The molecule has 0 unspecified atom stereocenters. The predicted octanol–water partition coefficient (Wildman–Crippen LogP) is 1.74. The summed E-state index contributed by atoms with van der Waals surface area (Å²) in [5, 5.41) is 20.4. The van der Waals surface area contributed by atoms with Crippen LogP contribution in [0.15, 0.2) is 24.3 Å². The average Bonchev–Trinajstić information content (AvgIpc) is 2.20. The second kappa shape index (κ2) is 4.99. The van der Waals surface area contributed by atoms with Gasteiger partial charge < -0.3 is 15.1 Å². The quantitative estimate of drug-likeness (QED) is 0.279. The van der Waals surface area contributed by atoms with Crippen molar-refractivity contribution in [3.63, 3.8) is 0 Å². The van der Waals surface area contributed by atoms with Crippen LogP contribution >= 0.6 is 0 Å². The maximum absolute atomic E-state index is 11.7. The minimum atomic E-state index is -0.494. The number of hydroxylamine groups is 1. The number of para-hydroxylation sites is 1. The Kier molecular flexibility index (Phi) is 3.90. The lowest BCUT2D eigenvalue weighted by Crippen LogP contribution is -2.29. The molecule has 1 N–H and O–H groups in total. The molecule has 4 nitrogen and oxygen atoms in total. The lowest BCUT2D eigenvalue weighted by atomic mass is 10.1. The van der Waals surface area contributed by atoms with E-state index in [9.17, 15) is 5.21 Å². The van der Waals surface area contributed by atoms with Crippen LogP contribution in [0.2, 0.25) is 0 Å². The number of nitrogens with zero attached hydrogens (tertiary/aromatic N) is 1. The topological polar surface area (TPSA) is 55.5 Å². The van der Waals surface area contributed by atoms with E-state index in [0.29, 0.717) is 11.3 Å². The summed E-state index contributed by atoms with van der Waals surface area (Å²) in [6.07, 6.45) is 1.46. The van der Waals surface area contributed by atoms with E-state index < -0.39 is 12.3 Å². The Bertz CT molecular complexity index is 380. The summed E-state index contributed by atoms with van der Waals surface area (Å²) >= 11 is 0. The third-order valence-electron chi connectivity index (χ3n) is 2.06. The highest BCUT2D eigenvalue weighted by Gasteiger charge is 2.18. The van der Waals surface area contributed by atoms with Crippen molar-refractivity contribution >= 4 is 6.21 Å². The van der Waals surface area contributed by atoms with E-state index in [1.807, 2.05) is 26.8 Å². The van der Waals surface area contributed by atoms with Gasteiger partial charge in [0.25, 0.3) is 0 Å². The lowest BCUT2D eigenvalue weighted by molar-refractivity contribution is -0.530. The van der Waals surface area contributed by atoms with E-state index in [1.54, 1.807) is 18.2 Å². The van der Waals surface area contributed by atoms with Crippen LogP contribution in [0.25, 0.3) is 0 Å². The molecule has 1 aromatic rings. The van der Waals surface area contributed by atoms with Crippen LogP contribution in [0.1, 0.15) is 26.3 Å². The standard InChI is InChI=1S/C12H17NO3/c1-12(2,3)13(15)8-10-6-4-5-7-11(10)16-9-14/h4-8,14H,9H2,1-3H3. The summed E-state index contributed by atoms with van der Waals surface area (Å²) in [7, 11) is 0. The summed E-state index contributed by atoms with van der Waals surface area (Å²) in [4.78, 5) is 0. The van der Waals surface area contributed by atoms with Crippen molar-refractivity contribution in [1.29, 1.82) is 0 Å². The summed E-state index contributed by atoms with van der Waals surface area (Å²) in [6, 6.07) is 7.07. The molecule has 0 bridgehead atoms. The number of hydrogen-bond acceptors (Lipinski definition) is 3. The normalized spacial score (nSPS) is 12.6. The Labute approximate surface area is 95.4 Å². The van der Waals surface area contributed by atoms with Crippen molar-refractivity contribution in [2.75, 3.05) is 6.79 Å². The zero-order valence-electron chi connectivity index (χ0n) is 9.80. The molecule has 0 spiro atoms. The van der Waals surface area contributed by atoms with Gasteiger partial charge in [-0.3, -0.25) is 0 Å². The number of rotatable bonds is 3. The fourth-order valence-electron chi connectivity index (χ4n) is 1.11. The Morgan fingerprint density at radius 1 is 1.38 bits per heavy atom. The molecule has 0 saturated carbocycles. The van der Waals surface area contributed by atoms with Crippen molar-refractivity contribution in [3.8, 4) is 5.75 Å².